The van der Waals surface area contributed by atoms with Crippen molar-refractivity contribution < 1.29 is 18.0 Å². The van der Waals surface area contributed by atoms with Crippen molar-refractivity contribution in [1.29, 1.82) is 0 Å². The molecule has 0 bridgehead atoms. The number of fused-ring (bicyclic) bond motifs is 1. The van der Waals surface area contributed by atoms with Gasteiger partial charge < -0.3 is 5.32 Å². The van der Waals surface area contributed by atoms with Gasteiger partial charge in [-0.1, -0.05) is 24.3 Å². The number of H-pyrrole nitrogens is 1. The van der Waals surface area contributed by atoms with Gasteiger partial charge in [0.25, 0.3) is 11.1 Å². The minimum absolute atomic E-state index is 0.144. The van der Waals surface area contributed by atoms with Crippen molar-refractivity contribution in [3.05, 3.63) is 80.4 Å². The van der Waals surface area contributed by atoms with Crippen LogP contribution in [0.25, 0.3) is 10.8 Å². The smallest absolute Gasteiger partial charge is 0.350 e. The van der Waals surface area contributed by atoms with E-state index in [1.165, 1.54) is 24.3 Å². The maximum absolute atomic E-state index is 12.7. The zero-order chi connectivity index (χ0) is 19.6. The molecule has 9 heteroatoms. The molecule has 1 amide bonds. The lowest BCUT2D eigenvalue weighted by atomic mass is 10.1. The van der Waals surface area contributed by atoms with Crippen molar-refractivity contribution in [1.82, 2.24) is 15.1 Å². The van der Waals surface area contributed by atoms with Gasteiger partial charge in [0.05, 0.1) is 16.3 Å². The molecule has 0 fully saturated rings. The van der Waals surface area contributed by atoms with Crippen LogP contribution in [0.5, 0.6) is 0 Å². The number of nitrogens with zero attached hydrogens (tertiary/aromatic N) is 1. The summed E-state index contributed by atoms with van der Waals surface area (Å²) in [5.41, 5.74) is -1.61. The summed E-state index contributed by atoms with van der Waals surface area (Å²) in [4.78, 5) is 36.4. The quantitative estimate of drug-likeness (QED) is 0.730. The molecule has 0 saturated heterocycles. The maximum Gasteiger partial charge on any atom is 0.416 e. The molecule has 2 N–H and O–H groups in total. The number of aromatic amines is 1. The molecule has 3 aromatic rings. The summed E-state index contributed by atoms with van der Waals surface area (Å²) in [6, 6.07) is 10.7. The average molecular weight is 377 g/mol. The highest BCUT2D eigenvalue weighted by molar-refractivity contribution is 5.81. The fourth-order valence-electron chi connectivity index (χ4n) is 2.62. The lowest BCUT2D eigenvalue weighted by Crippen LogP contribution is -2.36. The van der Waals surface area contributed by atoms with Crippen LogP contribution in [0.4, 0.5) is 13.2 Å². The molecule has 1 heterocycles. The Morgan fingerprint density at radius 3 is 2.44 bits per heavy atom. The van der Waals surface area contributed by atoms with Crippen LogP contribution in [0.3, 0.4) is 0 Å². The van der Waals surface area contributed by atoms with Crippen LogP contribution in [0.1, 0.15) is 11.1 Å². The molecular formula is C18H14F3N3O3. The summed E-state index contributed by atoms with van der Waals surface area (Å²) < 4.78 is 39.0. The maximum atomic E-state index is 12.7. The molecule has 0 aliphatic carbocycles. The minimum atomic E-state index is -4.47. The highest BCUT2D eigenvalue weighted by Gasteiger charge is 2.30. The molecule has 27 heavy (non-hydrogen) atoms. The lowest BCUT2D eigenvalue weighted by molar-refractivity contribution is -0.137. The van der Waals surface area contributed by atoms with Gasteiger partial charge in [0.2, 0.25) is 5.91 Å². The number of hydrogen-bond acceptors (Lipinski definition) is 3. The third-order valence-corrected chi connectivity index (χ3v) is 3.93. The third-order valence-electron chi connectivity index (χ3n) is 3.93. The first-order valence-electron chi connectivity index (χ1n) is 7.90. The summed E-state index contributed by atoms with van der Waals surface area (Å²) in [6.07, 6.45) is -4.47. The summed E-state index contributed by atoms with van der Waals surface area (Å²) in [6.45, 7) is -0.604. The topological polar surface area (TPSA) is 84.0 Å². The Bertz CT molecular complexity index is 1120. The molecule has 0 radical (unpaired) electrons. The average Bonchev–Trinajstić information content (AvgIpc) is 2.64. The number of carbonyl (C=O) groups excluding carboxylic acids is 1. The number of alkyl halides is 3. The monoisotopic (exact) mass is 377 g/mol. The molecule has 140 valence electrons. The Hall–Kier alpha value is -3.36. The van der Waals surface area contributed by atoms with E-state index in [1.54, 1.807) is 12.1 Å². The van der Waals surface area contributed by atoms with Gasteiger partial charge >= 0.3 is 6.18 Å². The molecule has 0 aliphatic rings. The summed E-state index contributed by atoms with van der Waals surface area (Å²) in [5.74, 6) is -0.625. The molecule has 6 nitrogen and oxygen atoms in total. The molecule has 0 spiro atoms. The highest BCUT2D eigenvalue weighted by Crippen LogP contribution is 2.29. The van der Waals surface area contributed by atoms with E-state index in [1.807, 2.05) is 0 Å². The Balaban J connectivity index is 1.74. The predicted molar refractivity (Wildman–Crippen MR) is 92.1 cm³/mol. The standard InChI is InChI=1S/C18H14F3N3O3/c19-18(20,21)12-5-3-4-11(8-12)9-22-15(25)10-24-17(27)14-7-2-1-6-13(14)16(26)23-24/h1-8H,9-10H2,(H,22,25)(H,23,26). The van der Waals surface area contributed by atoms with Crippen LogP contribution in [0.15, 0.2) is 58.1 Å². The number of aromatic nitrogens is 2. The second kappa shape index (κ2) is 7.10. The number of rotatable bonds is 4. The van der Waals surface area contributed by atoms with Crippen molar-refractivity contribution in [2.24, 2.45) is 0 Å². The first-order chi connectivity index (χ1) is 12.8. The molecule has 0 atom stereocenters. The summed E-state index contributed by atoms with van der Waals surface area (Å²) in [7, 11) is 0. The second-order valence-electron chi connectivity index (χ2n) is 5.85. The van der Waals surface area contributed by atoms with Gasteiger partial charge in [0, 0.05) is 6.54 Å². The Kier molecular flexibility index (Phi) is 4.85. The third kappa shape index (κ3) is 4.08. The van der Waals surface area contributed by atoms with Crippen molar-refractivity contribution in [2.45, 2.75) is 19.3 Å². The second-order valence-corrected chi connectivity index (χ2v) is 5.85. The van der Waals surface area contributed by atoms with Gasteiger partial charge in [-0.3, -0.25) is 19.5 Å². The Labute approximate surface area is 150 Å². The van der Waals surface area contributed by atoms with Gasteiger partial charge in [-0.2, -0.15) is 13.2 Å². The number of hydrogen-bond donors (Lipinski definition) is 2. The van der Waals surface area contributed by atoms with Crippen molar-refractivity contribution in [3.8, 4) is 0 Å². The van der Waals surface area contributed by atoms with Gasteiger partial charge in [-0.05, 0) is 29.8 Å². The Morgan fingerprint density at radius 2 is 1.74 bits per heavy atom. The van der Waals surface area contributed by atoms with Crippen LogP contribution >= 0.6 is 0 Å². The van der Waals surface area contributed by atoms with E-state index in [0.717, 1.165) is 16.8 Å². The molecule has 1 aromatic heterocycles. The zero-order valence-corrected chi connectivity index (χ0v) is 13.8. The molecule has 2 aromatic carbocycles. The van der Waals surface area contributed by atoms with Gasteiger partial charge in [-0.25, -0.2) is 4.68 Å². The molecular weight excluding hydrogens is 363 g/mol. The highest BCUT2D eigenvalue weighted by atomic mass is 19.4. The van der Waals surface area contributed by atoms with Crippen LogP contribution in [0.2, 0.25) is 0 Å². The van der Waals surface area contributed by atoms with Crippen molar-refractivity contribution in [2.75, 3.05) is 0 Å². The normalized spacial score (nSPS) is 11.5. The van der Waals surface area contributed by atoms with Crippen molar-refractivity contribution in [3.63, 3.8) is 0 Å². The number of halogens is 3. The Morgan fingerprint density at radius 1 is 1.04 bits per heavy atom. The summed E-state index contributed by atoms with van der Waals surface area (Å²) >= 11 is 0. The van der Waals surface area contributed by atoms with Crippen LogP contribution in [-0.2, 0) is 24.1 Å². The van der Waals surface area contributed by atoms with Crippen LogP contribution < -0.4 is 16.4 Å². The zero-order valence-electron chi connectivity index (χ0n) is 13.8. The molecule has 3 rings (SSSR count). The van der Waals surface area contributed by atoms with E-state index >= 15 is 0 Å². The summed E-state index contributed by atoms with van der Waals surface area (Å²) in [5, 5.41) is 5.13. The van der Waals surface area contributed by atoms with E-state index in [0.29, 0.717) is 0 Å². The fourth-order valence-corrected chi connectivity index (χ4v) is 2.62. The van der Waals surface area contributed by atoms with Gasteiger partial charge in [-0.15, -0.1) is 0 Å². The van der Waals surface area contributed by atoms with E-state index in [-0.39, 0.29) is 22.9 Å². The largest absolute Gasteiger partial charge is 0.416 e. The lowest BCUT2D eigenvalue weighted by Gasteiger charge is -2.10. The van der Waals surface area contributed by atoms with E-state index < -0.39 is 35.3 Å². The van der Waals surface area contributed by atoms with E-state index in [9.17, 15) is 27.6 Å². The first kappa shape index (κ1) is 18.4. The predicted octanol–water partition coefficient (Wildman–Crippen LogP) is 2.02. The van der Waals surface area contributed by atoms with E-state index in [4.69, 9.17) is 0 Å². The van der Waals surface area contributed by atoms with Crippen molar-refractivity contribution >= 4 is 16.7 Å². The SMILES string of the molecule is O=C(Cn1[nH]c(=O)c2ccccc2c1=O)NCc1cccc(C(F)(F)F)c1. The van der Waals surface area contributed by atoms with Crippen LogP contribution in [0, 0.1) is 0 Å². The number of carbonyl (C=O) groups is 1. The number of benzene rings is 2. The fraction of sp³-hybridized carbons (Fsp3) is 0.167. The number of nitrogens with one attached hydrogen (secondary N) is 2. The van der Waals surface area contributed by atoms with Gasteiger partial charge in [0.1, 0.15) is 6.54 Å². The first-order valence-corrected chi connectivity index (χ1v) is 7.90. The molecule has 0 unspecified atom stereocenters. The van der Waals surface area contributed by atoms with Crippen LogP contribution in [-0.4, -0.2) is 15.7 Å². The molecule has 0 saturated carbocycles. The van der Waals surface area contributed by atoms with E-state index in [2.05, 4.69) is 10.4 Å². The number of amides is 1. The molecule has 0 aliphatic heterocycles. The van der Waals surface area contributed by atoms with Gasteiger partial charge in [0.15, 0.2) is 0 Å². The minimum Gasteiger partial charge on any atom is -0.350 e.